The van der Waals surface area contributed by atoms with E-state index in [1.807, 2.05) is 6.92 Å². The van der Waals surface area contributed by atoms with E-state index >= 15 is 0 Å². The summed E-state index contributed by atoms with van der Waals surface area (Å²) in [6.45, 7) is 2.33. The normalized spacial score (nSPS) is 9.20. The molecular weight excluding hydrogens is 126 g/mol. The zero-order valence-corrected chi connectivity index (χ0v) is 5.83. The van der Waals surface area contributed by atoms with Crippen molar-refractivity contribution < 1.29 is 0 Å². The molecule has 0 spiro atoms. The monoisotopic (exact) mass is 135 g/mol. The highest BCUT2D eigenvalue weighted by molar-refractivity contribution is 5.39. The van der Waals surface area contributed by atoms with E-state index < -0.39 is 0 Å². The summed E-state index contributed by atoms with van der Waals surface area (Å²) in [5, 5.41) is 4.05. The predicted octanol–water partition coefficient (Wildman–Crippen LogP) is 0.407. The van der Waals surface area contributed by atoms with Crippen LogP contribution in [0.25, 0.3) is 0 Å². The Kier molecular flexibility index (Phi) is 1.63. The van der Waals surface area contributed by atoms with Gasteiger partial charge in [-0.05, 0) is 6.92 Å². The van der Waals surface area contributed by atoms with Gasteiger partial charge in [0.15, 0.2) is 0 Å². The number of hydrogen-bond donors (Lipinski definition) is 1. The van der Waals surface area contributed by atoms with Gasteiger partial charge in [0.2, 0.25) is 0 Å². The quantitative estimate of drug-likeness (QED) is 0.567. The van der Waals surface area contributed by atoms with E-state index in [-0.39, 0.29) is 0 Å². The van der Waals surface area contributed by atoms with Crippen molar-refractivity contribution in [2.24, 2.45) is 0 Å². The minimum absolute atomic E-state index is 0.484. The van der Waals surface area contributed by atoms with Crippen LogP contribution in [-0.4, -0.2) is 9.78 Å². The Morgan fingerprint density at radius 2 is 2.60 bits per heavy atom. The molecule has 1 rings (SSSR count). The third kappa shape index (κ3) is 1.11. The topological polar surface area (TPSA) is 43.8 Å². The number of hydrogen-bond acceptors (Lipinski definition) is 2. The minimum Gasteiger partial charge on any atom is -0.396 e. The number of nitrogens with zero attached hydrogens (tertiary/aromatic N) is 2. The second kappa shape index (κ2) is 2.44. The Morgan fingerprint density at radius 3 is 3.00 bits per heavy atom. The molecule has 0 aliphatic carbocycles. The summed E-state index contributed by atoms with van der Waals surface area (Å²) < 4.78 is 1.64. The summed E-state index contributed by atoms with van der Waals surface area (Å²) in [6.07, 6.45) is 6.80. The number of aryl methyl sites for hydroxylation is 1. The lowest BCUT2D eigenvalue weighted by molar-refractivity contribution is 0.707. The molecule has 0 bridgehead atoms. The molecule has 2 N–H and O–H groups in total. The van der Waals surface area contributed by atoms with E-state index in [9.17, 15) is 0 Å². The molecule has 0 atom stereocenters. The smallest absolute Gasteiger partial charge is 0.101 e. The van der Waals surface area contributed by atoms with Gasteiger partial charge in [-0.3, -0.25) is 4.68 Å². The molecule has 0 amide bonds. The maximum Gasteiger partial charge on any atom is 0.101 e. The van der Waals surface area contributed by atoms with Gasteiger partial charge in [-0.1, -0.05) is 5.92 Å². The van der Waals surface area contributed by atoms with Crippen LogP contribution in [0.2, 0.25) is 0 Å². The van der Waals surface area contributed by atoms with E-state index in [1.165, 1.54) is 0 Å². The lowest BCUT2D eigenvalue weighted by Gasteiger charge is -1.88. The highest BCUT2D eigenvalue weighted by atomic mass is 15.3. The number of rotatable bonds is 1. The van der Waals surface area contributed by atoms with Crippen molar-refractivity contribution >= 4 is 5.69 Å². The third-order valence-corrected chi connectivity index (χ3v) is 1.24. The average Bonchev–Trinajstić information content (AvgIpc) is 2.14. The first-order chi connectivity index (χ1) is 4.74. The van der Waals surface area contributed by atoms with Gasteiger partial charge in [-0.2, -0.15) is 5.10 Å². The highest BCUT2D eigenvalue weighted by Crippen LogP contribution is 2.05. The molecule has 0 aliphatic rings. The van der Waals surface area contributed by atoms with Gasteiger partial charge in [0.25, 0.3) is 0 Å². The second-order valence-electron chi connectivity index (χ2n) is 2.07. The zero-order valence-electron chi connectivity index (χ0n) is 5.83. The Balaban J connectivity index is 2.90. The van der Waals surface area contributed by atoms with E-state index in [0.717, 1.165) is 5.69 Å². The maximum atomic E-state index is 5.52. The van der Waals surface area contributed by atoms with Crippen molar-refractivity contribution in [1.29, 1.82) is 0 Å². The molecule has 1 aromatic heterocycles. The van der Waals surface area contributed by atoms with Crippen LogP contribution in [0.3, 0.4) is 0 Å². The van der Waals surface area contributed by atoms with Gasteiger partial charge in [0.1, 0.15) is 6.54 Å². The number of terminal acetylenes is 1. The van der Waals surface area contributed by atoms with E-state index in [4.69, 9.17) is 12.2 Å². The number of nitrogen functional groups attached to an aromatic ring is 1. The molecule has 0 radical (unpaired) electrons. The fourth-order valence-electron chi connectivity index (χ4n) is 0.708. The molecule has 52 valence electrons. The van der Waals surface area contributed by atoms with Crippen molar-refractivity contribution in [2.45, 2.75) is 13.5 Å². The highest BCUT2D eigenvalue weighted by Gasteiger charge is 1.97. The molecule has 0 aromatic carbocycles. The Hall–Kier alpha value is -1.43. The standard InChI is InChI=1S/C7H9N3/c1-3-4-10-5-7(8)6(2)9-10/h1,5H,4,8H2,2H3. The third-order valence-electron chi connectivity index (χ3n) is 1.24. The summed E-state index contributed by atoms with van der Waals surface area (Å²) in [5.74, 6) is 2.47. The molecule has 1 heterocycles. The maximum absolute atomic E-state index is 5.52. The van der Waals surface area contributed by atoms with Crippen LogP contribution >= 0.6 is 0 Å². The van der Waals surface area contributed by atoms with Crippen LogP contribution in [0.15, 0.2) is 6.20 Å². The van der Waals surface area contributed by atoms with Crippen LogP contribution in [0.5, 0.6) is 0 Å². The van der Waals surface area contributed by atoms with Crippen molar-refractivity contribution in [1.82, 2.24) is 9.78 Å². The van der Waals surface area contributed by atoms with E-state index in [1.54, 1.807) is 10.9 Å². The van der Waals surface area contributed by atoms with Crippen LogP contribution in [-0.2, 0) is 6.54 Å². The van der Waals surface area contributed by atoms with Crippen LogP contribution < -0.4 is 5.73 Å². The fourth-order valence-corrected chi connectivity index (χ4v) is 0.708. The van der Waals surface area contributed by atoms with Gasteiger partial charge in [0, 0.05) is 6.20 Å². The van der Waals surface area contributed by atoms with Crippen molar-refractivity contribution in [3.05, 3.63) is 11.9 Å². The summed E-state index contributed by atoms with van der Waals surface area (Å²) in [6, 6.07) is 0. The summed E-state index contributed by atoms with van der Waals surface area (Å²) in [5.41, 5.74) is 7.04. The van der Waals surface area contributed by atoms with Crippen LogP contribution in [0.4, 0.5) is 5.69 Å². The molecular formula is C7H9N3. The zero-order chi connectivity index (χ0) is 7.56. The minimum atomic E-state index is 0.484. The van der Waals surface area contributed by atoms with Crippen molar-refractivity contribution in [3.63, 3.8) is 0 Å². The first kappa shape index (κ1) is 6.69. The number of nitrogens with two attached hydrogens (primary N) is 1. The predicted molar refractivity (Wildman–Crippen MR) is 40.2 cm³/mol. The molecule has 0 fully saturated rings. The Morgan fingerprint density at radius 1 is 1.90 bits per heavy atom. The first-order valence-corrected chi connectivity index (χ1v) is 2.97. The average molecular weight is 135 g/mol. The SMILES string of the molecule is C#CCn1cc(N)c(C)n1. The lowest BCUT2D eigenvalue weighted by atomic mass is 10.4. The summed E-state index contributed by atoms with van der Waals surface area (Å²) in [7, 11) is 0. The first-order valence-electron chi connectivity index (χ1n) is 2.97. The van der Waals surface area contributed by atoms with Crippen molar-refractivity contribution in [3.8, 4) is 12.3 Å². The Labute approximate surface area is 59.8 Å². The largest absolute Gasteiger partial charge is 0.396 e. The van der Waals surface area contributed by atoms with Crippen LogP contribution in [0.1, 0.15) is 5.69 Å². The molecule has 0 saturated heterocycles. The molecule has 0 saturated carbocycles. The van der Waals surface area contributed by atoms with Crippen LogP contribution in [0, 0.1) is 19.3 Å². The second-order valence-corrected chi connectivity index (χ2v) is 2.07. The van der Waals surface area contributed by atoms with Gasteiger partial charge < -0.3 is 5.73 Å². The molecule has 3 heteroatoms. The number of anilines is 1. The lowest BCUT2D eigenvalue weighted by Crippen LogP contribution is -1.95. The molecule has 0 aliphatic heterocycles. The summed E-state index contributed by atoms with van der Waals surface area (Å²) >= 11 is 0. The van der Waals surface area contributed by atoms with Gasteiger partial charge in [-0.25, -0.2) is 0 Å². The van der Waals surface area contributed by atoms with E-state index in [2.05, 4.69) is 11.0 Å². The van der Waals surface area contributed by atoms with Gasteiger partial charge in [0.05, 0.1) is 11.4 Å². The molecule has 3 nitrogen and oxygen atoms in total. The molecule has 10 heavy (non-hydrogen) atoms. The number of aromatic nitrogens is 2. The fraction of sp³-hybridized carbons (Fsp3) is 0.286. The summed E-state index contributed by atoms with van der Waals surface area (Å²) in [4.78, 5) is 0. The molecule has 0 unspecified atom stereocenters. The Bertz CT molecular complexity index is 247. The van der Waals surface area contributed by atoms with E-state index in [0.29, 0.717) is 12.2 Å². The molecule has 1 aromatic rings. The van der Waals surface area contributed by atoms with Gasteiger partial charge >= 0.3 is 0 Å². The van der Waals surface area contributed by atoms with Gasteiger partial charge in [-0.15, -0.1) is 6.42 Å². The van der Waals surface area contributed by atoms with Crippen molar-refractivity contribution in [2.75, 3.05) is 5.73 Å².